The fourth-order valence-electron chi connectivity index (χ4n) is 7.99. The molecule has 0 aromatic rings. The summed E-state index contributed by atoms with van der Waals surface area (Å²) < 4.78 is 16.6. The Bertz CT molecular complexity index is 1160. The van der Waals surface area contributed by atoms with Gasteiger partial charge in [0.25, 0.3) is 0 Å². The molecule has 6 N–H and O–H groups in total. The Labute approximate surface area is 390 Å². The molecule has 1 aliphatic heterocycles. The van der Waals surface area contributed by atoms with Gasteiger partial charge in [0.1, 0.15) is 24.4 Å². The minimum absolute atomic E-state index is 0.0360. The highest BCUT2D eigenvalue weighted by molar-refractivity contribution is 5.76. The predicted molar refractivity (Wildman–Crippen MR) is 260 cm³/mol. The van der Waals surface area contributed by atoms with Gasteiger partial charge in [-0.05, 0) is 57.8 Å². The third-order valence-electron chi connectivity index (χ3n) is 12.2. The number of carbonyl (C=O) groups is 2. The van der Waals surface area contributed by atoms with Crippen LogP contribution in [0.25, 0.3) is 0 Å². The zero-order valence-electron chi connectivity index (χ0n) is 40.7. The summed E-state index contributed by atoms with van der Waals surface area (Å²) in [7, 11) is 0. The lowest BCUT2D eigenvalue weighted by atomic mass is 9.99. The van der Waals surface area contributed by atoms with E-state index < -0.39 is 49.5 Å². The van der Waals surface area contributed by atoms with E-state index in [-0.39, 0.29) is 18.5 Å². The highest BCUT2D eigenvalue weighted by Crippen LogP contribution is 2.23. The summed E-state index contributed by atoms with van der Waals surface area (Å²) in [6.07, 6.45) is 40.7. The van der Waals surface area contributed by atoms with Gasteiger partial charge in [0.05, 0.1) is 32.0 Å². The van der Waals surface area contributed by atoms with Gasteiger partial charge in [-0.1, -0.05) is 192 Å². The molecule has 7 unspecified atom stereocenters. The van der Waals surface area contributed by atoms with Crippen molar-refractivity contribution in [3.8, 4) is 0 Å². The number of rotatable bonds is 44. The molecule has 1 aliphatic rings. The first-order chi connectivity index (χ1) is 31.2. The number of unbranched alkanes of at least 4 members (excludes halogenated alkanes) is 26. The van der Waals surface area contributed by atoms with Crippen molar-refractivity contribution in [1.82, 2.24) is 5.32 Å². The van der Waals surface area contributed by atoms with Crippen LogP contribution in [0.5, 0.6) is 0 Å². The van der Waals surface area contributed by atoms with Crippen LogP contribution in [0.4, 0.5) is 0 Å². The number of esters is 1. The maximum atomic E-state index is 13.0. The number of hydrogen-bond donors (Lipinski definition) is 6. The Morgan fingerprint density at radius 1 is 0.562 bits per heavy atom. The predicted octanol–water partition coefficient (Wildman–Crippen LogP) is 10.8. The van der Waals surface area contributed by atoms with E-state index in [0.717, 1.165) is 77.0 Å². The molecule has 0 bridgehead atoms. The molecule has 1 heterocycles. The summed E-state index contributed by atoms with van der Waals surface area (Å²) in [5.74, 6) is -0.249. The van der Waals surface area contributed by atoms with Crippen molar-refractivity contribution in [3.05, 3.63) is 36.5 Å². The first kappa shape index (κ1) is 59.9. The number of aliphatic hydroxyl groups excluding tert-OH is 5. The van der Waals surface area contributed by atoms with Crippen molar-refractivity contribution in [2.75, 3.05) is 19.8 Å². The summed E-state index contributed by atoms with van der Waals surface area (Å²) in [5, 5.41) is 54.2. The van der Waals surface area contributed by atoms with E-state index in [0.29, 0.717) is 25.9 Å². The summed E-state index contributed by atoms with van der Waals surface area (Å²) in [6, 6.07) is -0.845. The molecule has 11 nitrogen and oxygen atoms in total. The Morgan fingerprint density at radius 3 is 1.55 bits per heavy atom. The minimum Gasteiger partial charge on any atom is -0.466 e. The fourth-order valence-corrected chi connectivity index (χ4v) is 7.99. The number of allylic oxidation sites excluding steroid dienone is 5. The lowest BCUT2D eigenvalue weighted by Gasteiger charge is -2.40. The summed E-state index contributed by atoms with van der Waals surface area (Å²) in [4.78, 5) is 25.0. The topological polar surface area (TPSA) is 175 Å². The van der Waals surface area contributed by atoms with Crippen LogP contribution in [-0.4, -0.2) is 100 Å². The van der Waals surface area contributed by atoms with Crippen molar-refractivity contribution < 1.29 is 49.3 Å². The van der Waals surface area contributed by atoms with Crippen LogP contribution in [0.3, 0.4) is 0 Å². The van der Waals surface area contributed by atoms with E-state index in [4.69, 9.17) is 14.2 Å². The molecule has 374 valence electrons. The first-order valence-electron chi connectivity index (χ1n) is 26.3. The normalized spacial score (nSPS) is 20.1. The zero-order chi connectivity index (χ0) is 46.7. The molecular weight excluding hydrogens is 811 g/mol. The second-order valence-electron chi connectivity index (χ2n) is 18.2. The maximum absolute atomic E-state index is 13.0. The SMILES string of the molecule is CCCCC/C=C/CC/C=C/CC/C=C/C(O)C(COC1OC(CO)C(O)C(O)C1O)NC(=O)CCCCCCCCCCCCCCOC(=O)CCCCCCCCCCCCC. The van der Waals surface area contributed by atoms with Gasteiger partial charge in [-0.2, -0.15) is 0 Å². The molecule has 1 saturated heterocycles. The first-order valence-corrected chi connectivity index (χ1v) is 26.3. The smallest absolute Gasteiger partial charge is 0.305 e. The monoisotopic (exact) mass is 908 g/mol. The molecule has 64 heavy (non-hydrogen) atoms. The largest absolute Gasteiger partial charge is 0.466 e. The van der Waals surface area contributed by atoms with Crippen LogP contribution in [0.15, 0.2) is 36.5 Å². The van der Waals surface area contributed by atoms with Gasteiger partial charge in [0, 0.05) is 12.8 Å². The third kappa shape index (κ3) is 33.4. The molecule has 0 aromatic heterocycles. The number of hydrogen-bond acceptors (Lipinski definition) is 10. The van der Waals surface area contributed by atoms with Crippen LogP contribution in [0.2, 0.25) is 0 Å². The molecule has 0 saturated carbocycles. The molecule has 0 spiro atoms. The molecule has 0 aromatic carbocycles. The second kappa shape index (κ2) is 43.5. The number of ether oxygens (including phenoxy) is 3. The van der Waals surface area contributed by atoms with Gasteiger partial charge in [-0.15, -0.1) is 0 Å². The lowest BCUT2D eigenvalue weighted by Crippen LogP contribution is -2.60. The second-order valence-corrected chi connectivity index (χ2v) is 18.2. The Morgan fingerprint density at radius 2 is 1.02 bits per heavy atom. The molecule has 1 rings (SSSR count). The van der Waals surface area contributed by atoms with Gasteiger partial charge in [-0.3, -0.25) is 9.59 Å². The van der Waals surface area contributed by atoms with Crippen molar-refractivity contribution >= 4 is 11.9 Å². The van der Waals surface area contributed by atoms with E-state index in [1.807, 2.05) is 6.08 Å². The highest BCUT2D eigenvalue weighted by atomic mass is 16.7. The number of nitrogens with one attached hydrogen (secondary N) is 1. The van der Waals surface area contributed by atoms with Crippen molar-refractivity contribution in [2.24, 2.45) is 0 Å². The van der Waals surface area contributed by atoms with Crippen LogP contribution in [-0.2, 0) is 23.8 Å². The number of amides is 1. The van der Waals surface area contributed by atoms with Crippen molar-refractivity contribution in [3.63, 3.8) is 0 Å². The molecule has 0 aliphatic carbocycles. The number of aliphatic hydroxyl groups is 5. The Kier molecular flexibility index (Phi) is 40.7. The highest BCUT2D eigenvalue weighted by Gasteiger charge is 2.44. The Hall–Kier alpha value is -2.12. The van der Waals surface area contributed by atoms with Crippen LogP contribution >= 0.6 is 0 Å². The summed E-state index contributed by atoms with van der Waals surface area (Å²) in [5.41, 5.74) is 0. The van der Waals surface area contributed by atoms with Gasteiger partial charge in [0.2, 0.25) is 5.91 Å². The van der Waals surface area contributed by atoms with Gasteiger partial charge in [-0.25, -0.2) is 0 Å². The van der Waals surface area contributed by atoms with E-state index in [1.165, 1.54) is 116 Å². The standard InChI is InChI=1S/C53H97NO10/c1-3-5-7-9-11-13-15-16-20-23-27-31-35-39-46(56)45(44-63-53-52(61)51(60)50(59)47(43-55)64-53)54-48(57)40-36-32-28-24-21-17-18-22-26-30-34-38-42-62-49(58)41-37-33-29-25-19-14-12-10-8-6-4-2/h11,13,20,23,35,39,45-47,50-53,55-56,59-61H,3-10,12,14-19,21-22,24-34,36-38,40-44H2,1-2H3,(H,54,57)/b13-11+,23-20+,39-35+. The van der Waals surface area contributed by atoms with Crippen molar-refractivity contribution in [1.29, 1.82) is 0 Å². The van der Waals surface area contributed by atoms with Crippen molar-refractivity contribution in [2.45, 2.75) is 269 Å². The van der Waals surface area contributed by atoms with Crippen LogP contribution in [0, 0.1) is 0 Å². The van der Waals surface area contributed by atoms with E-state index >= 15 is 0 Å². The van der Waals surface area contributed by atoms with Gasteiger partial charge >= 0.3 is 5.97 Å². The van der Waals surface area contributed by atoms with E-state index in [1.54, 1.807) is 6.08 Å². The fraction of sp³-hybridized carbons (Fsp3) is 0.849. The molecular formula is C53H97NO10. The maximum Gasteiger partial charge on any atom is 0.305 e. The third-order valence-corrected chi connectivity index (χ3v) is 12.2. The summed E-state index contributed by atoms with van der Waals surface area (Å²) in [6.45, 7) is 4.22. The average molecular weight is 908 g/mol. The zero-order valence-corrected chi connectivity index (χ0v) is 40.7. The molecule has 0 radical (unpaired) electrons. The summed E-state index contributed by atoms with van der Waals surface area (Å²) >= 11 is 0. The van der Waals surface area contributed by atoms with E-state index in [2.05, 4.69) is 43.5 Å². The Balaban J connectivity index is 2.22. The average Bonchev–Trinajstić information content (AvgIpc) is 3.29. The molecule has 1 fully saturated rings. The molecule has 7 atom stereocenters. The van der Waals surface area contributed by atoms with Crippen LogP contribution < -0.4 is 5.32 Å². The van der Waals surface area contributed by atoms with Gasteiger partial charge < -0.3 is 45.1 Å². The molecule has 1 amide bonds. The number of carbonyl (C=O) groups excluding carboxylic acids is 2. The lowest BCUT2D eigenvalue weighted by molar-refractivity contribution is -0.302. The van der Waals surface area contributed by atoms with Crippen LogP contribution in [0.1, 0.15) is 226 Å². The molecule has 11 heteroatoms. The quantitative estimate of drug-likeness (QED) is 0.0196. The van der Waals surface area contributed by atoms with Gasteiger partial charge in [0.15, 0.2) is 6.29 Å². The minimum atomic E-state index is -1.59. The van der Waals surface area contributed by atoms with E-state index in [9.17, 15) is 35.1 Å².